The number of halogens is 2. The van der Waals surface area contributed by atoms with E-state index in [-0.39, 0.29) is 28.4 Å². The molecule has 0 bridgehead atoms. The van der Waals surface area contributed by atoms with Gasteiger partial charge in [-0.3, -0.25) is 9.59 Å². The maximum atomic E-state index is 12.0. The Morgan fingerprint density at radius 3 is 2.34 bits per heavy atom. The van der Waals surface area contributed by atoms with Gasteiger partial charge in [0.25, 0.3) is 0 Å². The average molecular weight is 481 g/mol. The van der Waals surface area contributed by atoms with Crippen molar-refractivity contribution in [1.29, 1.82) is 0 Å². The molecule has 178 valence electrons. The average Bonchev–Trinajstić information content (AvgIpc) is 2.78. The number of amides is 1. The van der Waals surface area contributed by atoms with E-state index in [4.69, 9.17) is 28.9 Å². The first-order valence-corrected chi connectivity index (χ1v) is 13.1. The van der Waals surface area contributed by atoms with Crippen LogP contribution in [-0.4, -0.2) is 22.4 Å². The number of primary amides is 1. The Hall–Kier alpha value is -1.32. The van der Waals surface area contributed by atoms with Gasteiger partial charge in [0, 0.05) is 12.3 Å². The quantitative estimate of drug-likeness (QED) is 0.170. The van der Waals surface area contributed by atoms with E-state index in [1.807, 2.05) is 6.07 Å². The third kappa shape index (κ3) is 9.27. The lowest BCUT2D eigenvalue weighted by molar-refractivity contribution is -0.119. The van der Waals surface area contributed by atoms with Crippen molar-refractivity contribution in [2.45, 2.75) is 87.8 Å². The minimum absolute atomic E-state index is 0.00663. The molecule has 1 aliphatic carbocycles. The molecule has 1 aromatic rings. The van der Waals surface area contributed by atoms with Gasteiger partial charge in [0.05, 0.1) is 10.8 Å². The molecule has 1 saturated carbocycles. The highest BCUT2D eigenvalue weighted by atomic mass is 35.5. The number of rotatable bonds is 15. The summed E-state index contributed by atoms with van der Waals surface area (Å²) in [6, 6.07) is 10.6. The number of ketones is 1. The Morgan fingerprint density at radius 2 is 1.69 bits per heavy atom. The van der Waals surface area contributed by atoms with Gasteiger partial charge in [-0.05, 0) is 68.4 Å². The third-order valence-corrected chi connectivity index (χ3v) is 8.23. The topological polar surface area (TPSA) is 60.2 Å². The highest BCUT2D eigenvalue weighted by molar-refractivity contribution is 6.31. The highest BCUT2D eigenvalue weighted by Crippen LogP contribution is 2.39. The van der Waals surface area contributed by atoms with E-state index in [0.29, 0.717) is 18.3 Å². The Labute approximate surface area is 204 Å². The van der Waals surface area contributed by atoms with Gasteiger partial charge in [0.1, 0.15) is 0 Å². The first kappa shape index (κ1) is 26.9. The van der Waals surface area contributed by atoms with Crippen LogP contribution in [0.1, 0.15) is 76.2 Å². The van der Waals surface area contributed by atoms with Gasteiger partial charge in [0.15, 0.2) is 5.78 Å². The summed E-state index contributed by atoms with van der Waals surface area (Å²) in [6.07, 6.45) is 13.5. The number of aryl methyl sites for hydroxylation is 1. The van der Waals surface area contributed by atoms with Crippen molar-refractivity contribution >= 4 is 34.9 Å². The van der Waals surface area contributed by atoms with Gasteiger partial charge in [0.2, 0.25) is 5.91 Å². The van der Waals surface area contributed by atoms with Crippen molar-refractivity contribution < 1.29 is 9.59 Å². The van der Waals surface area contributed by atoms with Gasteiger partial charge in [-0.25, -0.2) is 0 Å². The number of hydrogen-bond acceptors (Lipinski definition) is 2. The van der Waals surface area contributed by atoms with Gasteiger partial charge >= 0.3 is 0 Å². The molecule has 5 heteroatoms. The summed E-state index contributed by atoms with van der Waals surface area (Å²) in [6.45, 7) is 3.57. The van der Waals surface area contributed by atoms with E-state index >= 15 is 0 Å². The second kappa shape index (κ2) is 14.8. The molecule has 0 heterocycles. The summed E-state index contributed by atoms with van der Waals surface area (Å²) < 4.78 is 0. The maximum absolute atomic E-state index is 12.0. The number of unbranched alkanes of at least 4 members (excludes halogenated alkanes) is 3. The summed E-state index contributed by atoms with van der Waals surface area (Å²) >= 11 is 13.1. The molecule has 0 saturated heterocycles. The van der Waals surface area contributed by atoms with Crippen LogP contribution in [0.3, 0.4) is 0 Å². The van der Waals surface area contributed by atoms with E-state index in [2.05, 4.69) is 30.8 Å². The number of benzene rings is 1. The smallest absolute Gasteiger partial charge is 0.217 e. The lowest BCUT2D eigenvalue weighted by Gasteiger charge is -2.36. The van der Waals surface area contributed by atoms with Gasteiger partial charge in [-0.15, -0.1) is 23.2 Å². The summed E-state index contributed by atoms with van der Waals surface area (Å²) in [5.41, 5.74) is 6.89. The molecule has 0 spiro atoms. The second-order valence-electron chi connectivity index (χ2n) is 9.35. The molecule has 0 aromatic heterocycles. The number of alkyl halides is 2. The van der Waals surface area contributed by atoms with Crippen LogP contribution in [0.15, 0.2) is 43.0 Å². The molecule has 1 aliphatic rings. The normalized spacial score (nSPS) is 24.1. The van der Waals surface area contributed by atoms with Crippen LogP contribution in [0.2, 0.25) is 0 Å². The van der Waals surface area contributed by atoms with Crippen LogP contribution >= 0.6 is 23.2 Å². The van der Waals surface area contributed by atoms with Crippen molar-refractivity contribution in [2.24, 2.45) is 23.5 Å². The molecule has 3 nitrogen and oxygen atoms in total. The first-order chi connectivity index (χ1) is 15.4. The molecule has 1 amide bonds. The Morgan fingerprint density at radius 1 is 1.00 bits per heavy atom. The predicted molar refractivity (Wildman–Crippen MR) is 135 cm³/mol. The zero-order valence-electron chi connectivity index (χ0n) is 19.2. The zero-order chi connectivity index (χ0) is 23.3. The summed E-state index contributed by atoms with van der Waals surface area (Å²) in [7, 11) is 0. The monoisotopic (exact) mass is 479 g/mol. The number of carbonyl (C=O) groups excluding carboxylic acids is 2. The molecule has 1 aromatic carbocycles. The van der Waals surface area contributed by atoms with Gasteiger partial charge < -0.3 is 5.73 Å². The second-order valence-corrected chi connectivity index (χ2v) is 10.4. The number of nitrogens with two attached hydrogens (primary N) is 1. The highest BCUT2D eigenvalue weighted by Gasteiger charge is 2.39. The van der Waals surface area contributed by atoms with E-state index in [9.17, 15) is 9.59 Å². The van der Waals surface area contributed by atoms with E-state index in [0.717, 1.165) is 57.8 Å². The van der Waals surface area contributed by atoms with Crippen LogP contribution in [0.5, 0.6) is 0 Å². The third-order valence-electron chi connectivity index (χ3n) is 6.90. The fourth-order valence-corrected chi connectivity index (χ4v) is 5.89. The standard InChI is InChI=1S/C27H39Cl2NO2/c1-2-24(31)23-18-17-22(26(28)27(23)29)16-10-9-15-21(19-25(30)32)14-8-4-7-13-20-11-5-3-6-12-20/h2-3,5-6,11-12,21-23,26-27H,1,4,7-10,13-19H2,(H2,30,32). The van der Waals surface area contributed by atoms with E-state index in [1.165, 1.54) is 24.5 Å². The van der Waals surface area contributed by atoms with E-state index in [1.54, 1.807) is 0 Å². The molecule has 2 rings (SSSR count). The molecule has 5 atom stereocenters. The van der Waals surface area contributed by atoms with Crippen molar-refractivity contribution in [1.82, 2.24) is 0 Å². The van der Waals surface area contributed by atoms with Crippen LogP contribution in [0, 0.1) is 17.8 Å². The van der Waals surface area contributed by atoms with Gasteiger partial charge in [-0.1, -0.05) is 62.6 Å². The summed E-state index contributed by atoms with van der Waals surface area (Å²) in [5.74, 6) is 0.329. The number of allylic oxidation sites excluding steroid dienone is 1. The van der Waals surface area contributed by atoms with Crippen LogP contribution in [0.25, 0.3) is 0 Å². The molecule has 2 N–H and O–H groups in total. The molecule has 32 heavy (non-hydrogen) atoms. The molecular weight excluding hydrogens is 441 g/mol. The van der Waals surface area contributed by atoms with Crippen LogP contribution < -0.4 is 5.73 Å². The van der Waals surface area contributed by atoms with Crippen LogP contribution in [0.4, 0.5) is 0 Å². The minimum atomic E-state index is -0.320. The van der Waals surface area contributed by atoms with Gasteiger partial charge in [-0.2, -0.15) is 0 Å². The van der Waals surface area contributed by atoms with Crippen LogP contribution in [-0.2, 0) is 16.0 Å². The largest absolute Gasteiger partial charge is 0.370 e. The van der Waals surface area contributed by atoms with Crippen molar-refractivity contribution in [2.75, 3.05) is 0 Å². The number of carbonyl (C=O) groups is 2. The predicted octanol–water partition coefficient (Wildman–Crippen LogP) is 6.84. The molecule has 0 radical (unpaired) electrons. The summed E-state index contributed by atoms with van der Waals surface area (Å²) in [4.78, 5) is 23.5. The fourth-order valence-electron chi connectivity index (χ4n) is 5.00. The van der Waals surface area contributed by atoms with Crippen molar-refractivity contribution in [3.8, 4) is 0 Å². The first-order valence-electron chi connectivity index (χ1n) is 12.2. The Bertz CT molecular complexity index is 709. The van der Waals surface area contributed by atoms with Crippen molar-refractivity contribution in [3.63, 3.8) is 0 Å². The Balaban J connectivity index is 1.65. The maximum Gasteiger partial charge on any atom is 0.217 e. The zero-order valence-corrected chi connectivity index (χ0v) is 20.7. The molecule has 0 aliphatic heterocycles. The Kier molecular flexibility index (Phi) is 12.4. The lowest BCUT2D eigenvalue weighted by Crippen LogP contribution is -2.39. The molecule has 1 fully saturated rings. The molecule has 5 unspecified atom stereocenters. The minimum Gasteiger partial charge on any atom is -0.370 e. The van der Waals surface area contributed by atoms with E-state index < -0.39 is 0 Å². The lowest BCUT2D eigenvalue weighted by atomic mass is 9.77. The fraction of sp³-hybridized carbons (Fsp3) is 0.630. The number of hydrogen-bond donors (Lipinski definition) is 1. The van der Waals surface area contributed by atoms with Crippen molar-refractivity contribution in [3.05, 3.63) is 48.6 Å². The summed E-state index contributed by atoms with van der Waals surface area (Å²) in [5, 5.41) is -0.496. The SMILES string of the molecule is C=CC(=O)C1CCC(CCCCC(CCCCCc2ccccc2)CC(N)=O)C(Cl)C1Cl. The molecular formula is C27H39Cl2NO2.